The molecule has 0 fully saturated rings. The number of carbonyl (C=O) groups excluding carboxylic acids is 1. The third-order valence-corrected chi connectivity index (χ3v) is 5.38. The first-order valence-corrected chi connectivity index (χ1v) is 10.4. The molecule has 0 aliphatic carbocycles. The lowest BCUT2D eigenvalue weighted by atomic mass is 10.0. The van der Waals surface area contributed by atoms with E-state index in [1.165, 1.54) is 16.9 Å². The van der Waals surface area contributed by atoms with Crippen molar-refractivity contribution in [2.24, 2.45) is 7.05 Å². The van der Waals surface area contributed by atoms with Gasteiger partial charge in [-0.3, -0.25) is 9.48 Å². The van der Waals surface area contributed by atoms with E-state index in [0.29, 0.717) is 24.0 Å². The molecule has 184 valence electrons. The monoisotopic (exact) mass is 500 g/mol. The standard InChI is InChI=1S/C24H17F5N6O/c1-34-6-5-31-20(34)13-35-12-16(11-32-35)22-15(10-30)7-17(9-19(22)25)33-21(36)8-14-3-2-4-18(23(14)26)24(27,28)29/h2-7,9,11-12H,8,13H2,1H3,(H,33,36). The van der Waals surface area contributed by atoms with Crippen molar-refractivity contribution in [3.8, 4) is 17.2 Å². The summed E-state index contributed by atoms with van der Waals surface area (Å²) in [6.45, 7) is 0.313. The topological polar surface area (TPSA) is 88.5 Å². The van der Waals surface area contributed by atoms with Crippen LogP contribution in [0.4, 0.5) is 27.6 Å². The van der Waals surface area contributed by atoms with Gasteiger partial charge in [0.25, 0.3) is 0 Å². The van der Waals surface area contributed by atoms with Crippen LogP contribution < -0.4 is 5.32 Å². The maximum Gasteiger partial charge on any atom is 0.419 e. The minimum atomic E-state index is -4.91. The third kappa shape index (κ3) is 5.10. The third-order valence-electron chi connectivity index (χ3n) is 5.38. The molecule has 0 aliphatic rings. The summed E-state index contributed by atoms with van der Waals surface area (Å²) in [6, 6.07) is 6.66. The maximum absolute atomic E-state index is 15.0. The molecular weight excluding hydrogens is 483 g/mol. The van der Waals surface area contributed by atoms with Crippen molar-refractivity contribution in [2.75, 3.05) is 5.32 Å². The number of imidazole rings is 1. The average Bonchev–Trinajstić information content (AvgIpc) is 3.43. The summed E-state index contributed by atoms with van der Waals surface area (Å²) in [6.07, 6.45) is 0.687. The van der Waals surface area contributed by atoms with Gasteiger partial charge in [-0.25, -0.2) is 13.8 Å². The molecule has 36 heavy (non-hydrogen) atoms. The number of aromatic nitrogens is 4. The molecule has 2 aromatic heterocycles. The number of hydrogen-bond donors (Lipinski definition) is 1. The summed E-state index contributed by atoms with van der Waals surface area (Å²) in [5, 5.41) is 16.0. The Morgan fingerprint density at radius 2 is 2.00 bits per heavy atom. The second-order valence-electron chi connectivity index (χ2n) is 7.87. The molecule has 7 nitrogen and oxygen atoms in total. The van der Waals surface area contributed by atoms with Crippen molar-refractivity contribution in [2.45, 2.75) is 19.1 Å². The molecule has 12 heteroatoms. The van der Waals surface area contributed by atoms with Gasteiger partial charge < -0.3 is 9.88 Å². The highest BCUT2D eigenvalue weighted by molar-refractivity contribution is 5.93. The van der Waals surface area contributed by atoms with E-state index in [0.717, 1.165) is 18.2 Å². The van der Waals surface area contributed by atoms with Crippen molar-refractivity contribution in [3.63, 3.8) is 0 Å². The Balaban J connectivity index is 1.54. The van der Waals surface area contributed by atoms with Gasteiger partial charge in [0.1, 0.15) is 17.5 Å². The van der Waals surface area contributed by atoms with Gasteiger partial charge >= 0.3 is 6.18 Å². The summed E-state index contributed by atoms with van der Waals surface area (Å²) < 4.78 is 71.3. The molecule has 1 amide bonds. The lowest BCUT2D eigenvalue weighted by Gasteiger charge is -2.12. The molecule has 0 atom stereocenters. The number of amides is 1. The fourth-order valence-electron chi connectivity index (χ4n) is 3.65. The zero-order chi connectivity index (χ0) is 26.0. The van der Waals surface area contributed by atoms with Gasteiger partial charge in [0.15, 0.2) is 0 Å². The number of halogens is 5. The van der Waals surface area contributed by atoms with Gasteiger partial charge in [0, 0.05) is 42.5 Å². The zero-order valence-corrected chi connectivity index (χ0v) is 18.6. The Bertz CT molecular complexity index is 1480. The van der Waals surface area contributed by atoms with Gasteiger partial charge in [0.2, 0.25) is 5.91 Å². The molecule has 0 aliphatic heterocycles. The van der Waals surface area contributed by atoms with Crippen molar-refractivity contribution in [1.29, 1.82) is 5.26 Å². The number of alkyl halides is 3. The molecule has 0 spiro atoms. The molecule has 0 unspecified atom stereocenters. The Labute approximate surface area is 201 Å². The molecule has 1 N–H and O–H groups in total. The van der Waals surface area contributed by atoms with Crippen LogP contribution in [-0.4, -0.2) is 25.2 Å². The molecule has 0 radical (unpaired) electrons. The van der Waals surface area contributed by atoms with Crippen molar-refractivity contribution < 1.29 is 26.7 Å². The Hall–Kier alpha value is -4.53. The highest BCUT2D eigenvalue weighted by atomic mass is 19.4. The van der Waals surface area contributed by atoms with Gasteiger partial charge in [-0.15, -0.1) is 0 Å². The molecule has 0 saturated carbocycles. The van der Waals surface area contributed by atoms with E-state index < -0.39 is 41.3 Å². The van der Waals surface area contributed by atoms with Crippen LogP contribution >= 0.6 is 0 Å². The van der Waals surface area contributed by atoms with Crippen LogP contribution in [0, 0.1) is 23.0 Å². The molecule has 2 aromatic carbocycles. The number of aryl methyl sites for hydroxylation is 1. The summed E-state index contributed by atoms with van der Waals surface area (Å²) in [5.74, 6) is -2.55. The van der Waals surface area contributed by atoms with E-state index in [1.54, 1.807) is 23.2 Å². The van der Waals surface area contributed by atoms with Crippen LogP contribution in [0.15, 0.2) is 55.1 Å². The molecule has 4 aromatic rings. The Morgan fingerprint density at radius 3 is 2.67 bits per heavy atom. The molecule has 4 rings (SSSR count). The van der Waals surface area contributed by atoms with E-state index in [9.17, 15) is 27.6 Å². The summed E-state index contributed by atoms with van der Waals surface area (Å²) in [7, 11) is 1.81. The smallest absolute Gasteiger partial charge is 0.336 e. The summed E-state index contributed by atoms with van der Waals surface area (Å²) in [5.41, 5.74) is -1.89. The first-order chi connectivity index (χ1) is 17.1. The van der Waals surface area contributed by atoms with Crippen molar-refractivity contribution in [1.82, 2.24) is 19.3 Å². The highest BCUT2D eigenvalue weighted by Crippen LogP contribution is 2.33. The fourth-order valence-corrected chi connectivity index (χ4v) is 3.65. The molecule has 2 heterocycles. The van der Waals surface area contributed by atoms with E-state index >= 15 is 4.39 Å². The predicted molar refractivity (Wildman–Crippen MR) is 118 cm³/mol. The van der Waals surface area contributed by atoms with E-state index in [2.05, 4.69) is 15.4 Å². The first kappa shape index (κ1) is 24.6. The SMILES string of the molecule is Cn1ccnc1Cn1cc(-c2c(F)cc(NC(=O)Cc3cccc(C(F)(F)F)c3F)cc2C#N)cn1. The molecule has 0 saturated heterocycles. The fraction of sp³-hybridized carbons (Fsp3) is 0.167. The number of benzene rings is 2. The number of nitrogens with one attached hydrogen (secondary N) is 1. The minimum Gasteiger partial charge on any atom is -0.336 e. The quantitative estimate of drug-likeness (QED) is 0.390. The second kappa shape index (κ2) is 9.61. The lowest BCUT2D eigenvalue weighted by Crippen LogP contribution is -2.17. The average molecular weight is 500 g/mol. The molecule has 0 bridgehead atoms. The largest absolute Gasteiger partial charge is 0.419 e. The summed E-state index contributed by atoms with van der Waals surface area (Å²) >= 11 is 0. The van der Waals surface area contributed by atoms with Crippen LogP contribution in [0.1, 0.15) is 22.5 Å². The number of anilines is 1. The highest BCUT2D eigenvalue weighted by Gasteiger charge is 2.35. The summed E-state index contributed by atoms with van der Waals surface area (Å²) in [4.78, 5) is 16.5. The van der Waals surface area contributed by atoms with Crippen LogP contribution in [0.5, 0.6) is 0 Å². The number of hydrogen-bond acceptors (Lipinski definition) is 4. The number of rotatable bonds is 6. The Morgan fingerprint density at radius 1 is 1.22 bits per heavy atom. The van der Waals surface area contributed by atoms with E-state index in [1.807, 2.05) is 13.1 Å². The maximum atomic E-state index is 15.0. The number of nitrogens with zero attached hydrogens (tertiary/aromatic N) is 5. The minimum absolute atomic E-state index is 0.0366. The van der Waals surface area contributed by atoms with Crippen LogP contribution in [0.2, 0.25) is 0 Å². The number of carbonyl (C=O) groups is 1. The van der Waals surface area contributed by atoms with E-state index in [4.69, 9.17) is 0 Å². The lowest BCUT2D eigenvalue weighted by molar-refractivity contribution is -0.140. The number of nitriles is 1. The van der Waals surface area contributed by atoms with Crippen LogP contribution in [0.3, 0.4) is 0 Å². The van der Waals surface area contributed by atoms with Gasteiger partial charge in [-0.2, -0.15) is 23.5 Å². The van der Waals surface area contributed by atoms with Crippen LogP contribution in [0.25, 0.3) is 11.1 Å². The zero-order valence-electron chi connectivity index (χ0n) is 18.6. The van der Waals surface area contributed by atoms with Gasteiger partial charge in [0.05, 0.1) is 36.4 Å². The van der Waals surface area contributed by atoms with Gasteiger partial charge in [-0.05, 0) is 23.8 Å². The second-order valence-corrected chi connectivity index (χ2v) is 7.87. The molecular formula is C24H17F5N6O. The van der Waals surface area contributed by atoms with Crippen molar-refractivity contribution in [3.05, 3.63) is 89.3 Å². The van der Waals surface area contributed by atoms with Gasteiger partial charge in [-0.1, -0.05) is 12.1 Å². The van der Waals surface area contributed by atoms with Crippen molar-refractivity contribution >= 4 is 11.6 Å². The van der Waals surface area contributed by atoms with E-state index in [-0.39, 0.29) is 16.8 Å². The van der Waals surface area contributed by atoms with Crippen LogP contribution in [-0.2, 0) is 31.0 Å². The first-order valence-electron chi connectivity index (χ1n) is 10.4. The predicted octanol–water partition coefficient (Wildman–Crippen LogP) is 4.68. The Kier molecular flexibility index (Phi) is 6.57. The normalized spacial score (nSPS) is 11.4.